The summed E-state index contributed by atoms with van der Waals surface area (Å²) in [5, 5.41) is 20.0. The van der Waals surface area contributed by atoms with Crippen LogP contribution in [0.4, 0.5) is 0 Å². The first-order chi connectivity index (χ1) is 72.7. The van der Waals surface area contributed by atoms with Crippen molar-refractivity contribution < 1.29 is 71.6 Å². The Morgan fingerprint density at radius 3 is 0.647 bits per heavy atom. The maximum atomic E-state index is 6.09. The van der Waals surface area contributed by atoms with Gasteiger partial charge in [0.15, 0.2) is 0 Å². The van der Waals surface area contributed by atoms with E-state index >= 15 is 0 Å². The van der Waals surface area contributed by atoms with Crippen LogP contribution < -0.4 is 47.4 Å². The van der Waals surface area contributed by atoms with Crippen molar-refractivity contribution in [2.75, 3.05) is 95.0 Å². The van der Waals surface area contributed by atoms with Crippen molar-refractivity contribution in [1.82, 2.24) is 0 Å². The van der Waals surface area contributed by atoms with Gasteiger partial charge in [0, 0.05) is 6.42 Å². The van der Waals surface area contributed by atoms with Crippen molar-refractivity contribution in [3.8, 4) is 57.5 Å². The van der Waals surface area contributed by atoms with Gasteiger partial charge in [0.05, 0.1) is 55.0 Å². The number of rotatable bonds is 50. The van der Waals surface area contributed by atoms with Gasteiger partial charge in [-0.3, -0.25) is 0 Å². The SMILES string of the molecule is C/C=C/COc1cc(C)c(OCCCCCc2cccc(C(C)=NOC)c2)c(C)c1.C/C=C/COc1cc(C)c(OCCCCc2cccc(C(C)=NOC)c2)c(C)c1.C/C=C/COc1cc(C)c(OCCCc2cccc(C(C)=NOC)c2)c(C)c1.C/C=C/COc1cc(C)c(OCCc2cccc(C(C)=NOC)c2)c(C)c1.C/C=C/COc1cc(C)c(OCc2cccc(C(C)=NOC)c2)c(C)c1.CC.CC.CC.CC.CC. The topological polar surface area (TPSA) is 200 Å². The van der Waals surface area contributed by atoms with Crippen molar-refractivity contribution >= 4 is 28.6 Å². The second kappa shape index (κ2) is 83.1. The van der Waals surface area contributed by atoms with Crippen molar-refractivity contribution in [2.45, 2.75) is 279 Å². The Kier molecular flexibility index (Phi) is 74.4. The average Bonchev–Trinajstić information content (AvgIpc) is 0.701. The molecule has 10 rings (SSSR count). The number of benzene rings is 10. The van der Waals surface area contributed by atoms with Gasteiger partial charge in [-0.25, -0.2) is 0 Å². The summed E-state index contributed by atoms with van der Waals surface area (Å²) in [4.78, 5) is 24.3. The van der Waals surface area contributed by atoms with E-state index in [1.54, 1.807) is 35.5 Å². The Morgan fingerprint density at radius 1 is 0.213 bits per heavy atom. The van der Waals surface area contributed by atoms with Gasteiger partial charge in [-0.05, 0) is 399 Å². The Morgan fingerprint density at radius 2 is 0.407 bits per heavy atom. The van der Waals surface area contributed by atoms with Gasteiger partial charge in [-0.2, -0.15) is 0 Å². The van der Waals surface area contributed by atoms with E-state index in [2.05, 4.69) is 166 Å². The van der Waals surface area contributed by atoms with Crippen LogP contribution in [-0.4, -0.2) is 124 Å². The monoisotopic (exact) mass is 2060 g/mol. The summed E-state index contributed by atoms with van der Waals surface area (Å²) in [5.41, 5.74) is 26.9. The normalized spacial score (nSPS) is 11.1. The average molecular weight is 2060 g/mol. The largest absolute Gasteiger partial charge is 0.493 e. The van der Waals surface area contributed by atoms with E-state index in [0.717, 1.165) is 246 Å². The molecule has 0 saturated heterocycles. The lowest BCUT2D eigenvalue weighted by Crippen LogP contribution is -2.05. The Balaban J connectivity index is 0.000000917. The fraction of sp³-hybridized carbons (Fsp3) is 0.423. The third-order valence-electron chi connectivity index (χ3n) is 22.3. The molecule has 0 amide bonds. The standard InChI is InChI=1S/C26H35NO3.C25H33NO3.C24H31NO3.C23H29NO3.C22H27NO3.5C2H6/c1-6-7-15-29-25-17-20(2)26(21(3)18-25)30-16-10-8-9-12-23-13-11-14-24(19-23)22(4)27-28-5;1-6-7-14-28-24-16-19(2)25(20(3)17-24)29-15-9-8-11-22-12-10-13-23(18-22)21(4)26-27-5;1-6-7-13-27-23-15-18(2)24(19(3)16-23)28-14-9-11-21-10-8-12-22(17-21)20(4)25-26-5;1-6-7-12-26-22-14-17(2)23(18(3)15-22)27-13-11-20-9-8-10-21(16-20)19(4)24-25-5;1-6-7-11-25-21-12-16(2)22(17(3)13-21)26-15-19-9-8-10-20(14-19)18(4)23-24-5;5*1-2/h6-7,11,13-14,17-19H,8-10,12,15-16H2,1-5H3;6-7,10,12-13,16-18H,8-9,11,14-15H2,1-5H3;6-8,10,12,15-17H,9,11,13-14H2,1-5H3;6-10,14-16H,11-13H2,1-5H3;6-10,12-14H,11,15H2,1-5H3;5*1-2H3/b7-6+,27-22?;7-6+,26-21?;7-6+,25-20?;7-6+,24-19?;7-6+,23-18?;;;;;. The predicted molar refractivity (Wildman–Crippen MR) is 635 cm³/mol. The van der Waals surface area contributed by atoms with Crippen molar-refractivity contribution in [3.05, 3.63) is 354 Å². The van der Waals surface area contributed by atoms with Gasteiger partial charge in [-0.1, -0.05) is 247 Å². The van der Waals surface area contributed by atoms with Crippen LogP contribution in [0, 0.1) is 69.2 Å². The second-order valence-electron chi connectivity index (χ2n) is 33.9. The Bertz CT molecular complexity index is 5620. The molecule has 150 heavy (non-hydrogen) atoms. The third-order valence-corrected chi connectivity index (χ3v) is 22.3. The molecule has 10 aromatic carbocycles. The number of unbranched alkanes of at least 4 members (excludes halogenated alkanes) is 3. The molecule has 0 aliphatic heterocycles. The zero-order valence-corrected chi connectivity index (χ0v) is 98.1. The number of nitrogens with zero attached hydrogens (tertiary/aromatic N) is 5. The van der Waals surface area contributed by atoms with Crippen molar-refractivity contribution in [2.24, 2.45) is 25.8 Å². The highest BCUT2D eigenvalue weighted by atomic mass is 16.6. The van der Waals surface area contributed by atoms with E-state index in [1.807, 2.05) is 310 Å². The molecule has 10 aromatic rings. The molecule has 0 unspecified atom stereocenters. The molecule has 0 N–H and O–H groups in total. The lowest BCUT2D eigenvalue weighted by molar-refractivity contribution is 0.213. The van der Waals surface area contributed by atoms with Crippen LogP contribution in [-0.2, 0) is 56.5 Å². The molecule has 0 saturated carbocycles. The van der Waals surface area contributed by atoms with E-state index in [0.29, 0.717) is 59.5 Å². The zero-order chi connectivity index (χ0) is 112. The van der Waals surface area contributed by atoms with E-state index in [9.17, 15) is 0 Å². The van der Waals surface area contributed by atoms with E-state index in [4.69, 9.17) is 71.6 Å². The minimum Gasteiger partial charge on any atom is -0.493 e. The van der Waals surface area contributed by atoms with Gasteiger partial charge in [-0.15, -0.1) is 0 Å². The van der Waals surface area contributed by atoms with E-state index in [1.165, 1.54) is 22.3 Å². The summed E-state index contributed by atoms with van der Waals surface area (Å²) in [7, 11) is 7.82. The number of aryl methyl sites for hydroxylation is 13. The van der Waals surface area contributed by atoms with Gasteiger partial charge < -0.3 is 71.6 Å². The van der Waals surface area contributed by atoms with Crippen molar-refractivity contribution in [1.29, 1.82) is 0 Å². The molecule has 0 heterocycles. The molecule has 820 valence electrons. The molecule has 20 nitrogen and oxygen atoms in total. The summed E-state index contributed by atoms with van der Waals surface area (Å²) >= 11 is 0. The van der Waals surface area contributed by atoms with Crippen LogP contribution in [0.15, 0.2) is 269 Å². The highest BCUT2D eigenvalue weighted by Crippen LogP contribution is 2.35. The first kappa shape index (κ1) is 134. The molecular weight excluding hydrogens is 1870 g/mol. The lowest BCUT2D eigenvalue weighted by Gasteiger charge is -2.15. The third kappa shape index (κ3) is 53.4. The fourth-order valence-corrected chi connectivity index (χ4v) is 15.2. The quantitative estimate of drug-likeness (QED) is 0.0151. The maximum Gasteiger partial charge on any atom is 0.125 e. The number of oxime groups is 5. The summed E-state index contributed by atoms with van der Waals surface area (Å²) in [6.45, 7) is 66.4. The minimum atomic E-state index is 0.495. The summed E-state index contributed by atoms with van der Waals surface area (Å²) < 4.78 is 59.1. The summed E-state index contributed by atoms with van der Waals surface area (Å²) in [6.07, 6.45) is 30.1. The van der Waals surface area contributed by atoms with E-state index in [-0.39, 0.29) is 0 Å². The number of hydrogen-bond acceptors (Lipinski definition) is 20. The van der Waals surface area contributed by atoms with Gasteiger partial charge in [0.1, 0.15) is 133 Å². The maximum absolute atomic E-state index is 6.09. The summed E-state index contributed by atoms with van der Waals surface area (Å²) in [5.74, 6) is 9.13. The molecule has 0 spiro atoms. The van der Waals surface area contributed by atoms with E-state index < -0.39 is 0 Å². The lowest BCUT2D eigenvalue weighted by atomic mass is 10.0. The fourth-order valence-electron chi connectivity index (χ4n) is 15.2. The Hall–Kier alpha value is -13.8. The first-order valence-corrected chi connectivity index (χ1v) is 53.5. The second-order valence-corrected chi connectivity index (χ2v) is 33.9. The van der Waals surface area contributed by atoms with Crippen LogP contribution in [0.25, 0.3) is 0 Å². The minimum absolute atomic E-state index is 0.495. The van der Waals surface area contributed by atoms with Crippen LogP contribution >= 0.6 is 0 Å². The van der Waals surface area contributed by atoms with Crippen LogP contribution in [0.1, 0.15) is 288 Å². The van der Waals surface area contributed by atoms with Crippen LogP contribution in [0.2, 0.25) is 0 Å². The molecule has 0 aliphatic carbocycles. The van der Waals surface area contributed by atoms with Gasteiger partial charge in [0.2, 0.25) is 0 Å². The predicted octanol–water partition coefficient (Wildman–Crippen LogP) is 33.7. The number of hydrogen-bond donors (Lipinski definition) is 0. The number of allylic oxidation sites excluding steroid dienone is 5. The van der Waals surface area contributed by atoms with Gasteiger partial charge >= 0.3 is 0 Å². The highest BCUT2D eigenvalue weighted by molar-refractivity contribution is 6.00. The molecule has 0 bridgehead atoms. The summed E-state index contributed by atoms with van der Waals surface area (Å²) in [6, 6.07) is 62.1. The Labute approximate surface area is 905 Å². The molecule has 0 atom stereocenters. The molecule has 0 aromatic heterocycles. The zero-order valence-electron chi connectivity index (χ0n) is 98.1. The highest BCUT2D eigenvalue weighted by Gasteiger charge is 2.16. The number of ether oxygens (including phenoxy) is 10. The molecular formula is C130H185N5O15. The first-order valence-electron chi connectivity index (χ1n) is 53.5. The molecule has 0 fully saturated rings. The van der Waals surface area contributed by atoms with Crippen LogP contribution in [0.3, 0.4) is 0 Å². The molecule has 0 radical (unpaired) electrons. The molecule has 20 heteroatoms. The van der Waals surface area contributed by atoms with Crippen LogP contribution in [0.5, 0.6) is 57.5 Å². The van der Waals surface area contributed by atoms with Gasteiger partial charge in [0.25, 0.3) is 0 Å². The van der Waals surface area contributed by atoms with Crippen molar-refractivity contribution in [3.63, 3.8) is 0 Å². The smallest absolute Gasteiger partial charge is 0.125 e. The molecule has 0 aliphatic rings.